The van der Waals surface area contributed by atoms with Crippen molar-refractivity contribution in [2.24, 2.45) is 0 Å². The summed E-state index contributed by atoms with van der Waals surface area (Å²) in [5.74, 6) is 0.584. The van der Waals surface area contributed by atoms with Gasteiger partial charge in [-0.05, 0) is 24.6 Å². The van der Waals surface area contributed by atoms with Gasteiger partial charge in [-0.15, -0.1) is 0 Å². The van der Waals surface area contributed by atoms with Gasteiger partial charge in [0.25, 0.3) is 0 Å². The maximum Gasteiger partial charge on any atom is 0.316 e. The second-order valence-corrected chi connectivity index (χ2v) is 6.53. The van der Waals surface area contributed by atoms with E-state index in [0.29, 0.717) is 17.4 Å². The largest absolute Gasteiger partial charge is 0.468 e. The van der Waals surface area contributed by atoms with Crippen LogP contribution in [0.5, 0.6) is 0 Å². The van der Waals surface area contributed by atoms with Crippen molar-refractivity contribution >= 4 is 34.6 Å². The molecule has 0 aliphatic carbocycles. The molecule has 25 heavy (non-hydrogen) atoms. The van der Waals surface area contributed by atoms with E-state index in [4.69, 9.17) is 4.74 Å². The van der Waals surface area contributed by atoms with Gasteiger partial charge in [-0.2, -0.15) is 0 Å². The highest BCUT2D eigenvalue weighted by molar-refractivity contribution is 8.00. The summed E-state index contributed by atoms with van der Waals surface area (Å²) < 4.78 is 4.71. The minimum absolute atomic E-state index is 0.197. The molecule has 3 aromatic rings. The van der Waals surface area contributed by atoms with E-state index in [1.54, 1.807) is 0 Å². The number of aromatic nitrogens is 2. The first-order valence-electron chi connectivity index (χ1n) is 7.91. The molecule has 3 rings (SSSR count). The van der Waals surface area contributed by atoms with E-state index in [9.17, 15) is 4.79 Å². The molecule has 128 valence electrons. The van der Waals surface area contributed by atoms with Crippen LogP contribution >= 0.6 is 11.8 Å². The zero-order valence-corrected chi connectivity index (χ0v) is 15.0. The maximum atomic E-state index is 11.5. The Bertz CT molecular complexity index is 881. The Balaban J connectivity index is 1.84. The topological polar surface area (TPSA) is 64.1 Å². The average Bonchev–Trinajstić information content (AvgIpc) is 2.65. The Morgan fingerprint density at radius 2 is 1.76 bits per heavy atom. The summed E-state index contributed by atoms with van der Waals surface area (Å²) >= 11 is 1.32. The number of thioether (sulfide) groups is 1. The molecule has 0 bridgehead atoms. The quantitative estimate of drug-likeness (QED) is 0.537. The number of esters is 1. The number of anilines is 1. The van der Waals surface area contributed by atoms with E-state index in [-0.39, 0.29) is 11.7 Å². The van der Waals surface area contributed by atoms with Crippen molar-refractivity contribution in [1.29, 1.82) is 0 Å². The smallest absolute Gasteiger partial charge is 0.316 e. The van der Waals surface area contributed by atoms with Gasteiger partial charge in [0.05, 0.1) is 23.9 Å². The number of carbonyl (C=O) groups is 1. The fourth-order valence-corrected chi connectivity index (χ4v) is 3.07. The van der Waals surface area contributed by atoms with Gasteiger partial charge in [-0.25, -0.2) is 9.97 Å². The first kappa shape index (κ1) is 17.2. The molecule has 1 aromatic heterocycles. The van der Waals surface area contributed by atoms with Gasteiger partial charge in [-0.3, -0.25) is 4.79 Å². The van der Waals surface area contributed by atoms with E-state index in [1.165, 1.54) is 24.4 Å². The van der Waals surface area contributed by atoms with Crippen molar-refractivity contribution < 1.29 is 9.53 Å². The lowest BCUT2D eigenvalue weighted by atomic mass is 10.1. The van der Waals surface area contributed by atoms with Gasteiger partial charge in [0.2, 0.25) is 0 Å². The van der Waals surface area contributed by atoms with Crippen molar-refractivity contribution in [2.45, 2.75) is 18.5 Å². The number of nitrogens with one attached hydrogen (secondary N) is 1. The molecule has 0 spiro atoms. The molecule has 0 saturated heterocycles. The standard InChI is InChI=1S/C19H19N3O2S/c1-13-7-9-14(10-8-13)11-20-18-19(25-12-17(23)24-2)22-16-6-4-3-5-15(16)21-18/h3-10H,11-12H2,1-2H3,(H,20,21). The number of hydrogen-bond acceptors (Lipinski definition) is 6. The molecule has 0 amide bonds. The third-order valence-corrected chi connectivity index (χ3v) is 4.61. The number of benzene rings is 2. The van der Waals surface area contributed by atoms with E-state index in [2.05, 4.69) is 46.5 Å². The highest BCUT2D eigenvalue weighted by atomic mass is 32.2. The highest BCUT2D eigenvalue weighted by Gasteiger charge is 2.12. The monoisotopic (exact) mass is 353 g/mol. The number of para-hydroxylation sites is 2. The molecule has 2 aromatic carbocycles. The summed E-state index contributed by atoms with van der Waals surface area (Å²) in [5, 5.41) is 4.03. The van der Waals surface area contributed by atoms with E-state index >= 15 is 0 Å². The second kappa shape index (κ2) is 7.98. The first-order chi connectivity index (χ1) is 12.2. The summed E-state index contributed by atoms with van der Waals surface area (Å²) in [7, 11) is 1.38. The molecular formula is C19H19N3O2S. The van der Waals surface area contributed by atoms with Crippen LogP contribution in [0.1, 0.15) is 11.1 Å². The van der Waals surface area contributed by atoms with Crippen LogP contribution in [0.2, 0.25) is 0 Å². The number of rotatable bonds is 6. The molecule has 0 aliphatic rings. The molecule has 0 radical (unpaired) electrons. The number of hydrogen-bond donors (Lipinski definition) is 1. The van der Waals surface area contributed by atoms with Crippen molar-refractivity contribution in [3.63, 3.8) is 0 Å². The van der Waals surface area contributed by atoms with Crippen LogP contribution < -0.4 is 5.32 Å². The zero-order valence-electron chi connectivity index (χ0n) is 14.2. The molecule has 1 N–H and O–H groups in total. The summed E-state index contributed by atoms with van der Waals surface area (Å²) in [6.45, 7) is 2.70. The molecule has 0 aliphatic heterocycles. The Morgan fingerprint density at radius 1 is 1.08 bits per heavy atom. The SMILES string of the molecule is COC(=O)CSc1nc2ccccc2nc1NCc1ccc(C)cc1. The van der Waals surface area contributed by atoms with Crippen molar-refractivity contribution in [3.8, 4) is 0 Å². The Kier molecular flexibility index (Phi) is 5.50. The first-order valence-corrected chi connectivity index (χ1v) is 8.90. The van der Waals surface area contributed by atoms with Gasteiger partial charge < -0.3 is 10.1 Å². The minimum atomic E-state index is -0.288. The number of nitrogens with zero attached hydrogens (tertiary/aromatic N) is 2. The predicted octanol–water partition coefficient (Wildman–Crippen LogP) is 3.82. The van der Waals surface area contributed by atoms with Crippen molar-refractivity contribution in [1.82, 2.24) is 9.97 Å². The lowest BCUT2D eigenvalue weighted by molar-refractivity contribution is -0.137. The van der Waals surface area contributed by atoms with E-state index in [1.807, 2.05) is 24.3 Å². The lowest BCUT2D eigenvalue weighted by Crippen LogP contribution is -2.07. The van der Waals surface area contributed by atoms with Gasteiger partial charge in [0.15, 0.2) is 5.82 Å². The summed E-state index contributed by atoms with van der Waals surface area (Å²) in [4.78, 5) is 20.8. The van der Waals surface area contributed by atoms with E-state index < -0.39 is 0 Å². The fourth-order valence-electron chi connectivity index (χ4n) is 2.28. The van der Waals surface area contributed by atoms with Crippen LogP contribution in [-0.4, -0.2) is 28.8 Å². The molecule has 5 nitrogen and oxygen atoms in total. The van der Waals surface area contributed by atoms with Gasteiger partial charge in [0.1, 0.15) is 5.03 Å². The molecule has 1 heterocycles. The van der Waals surface area contributed by atoms with Crippen LogP contribution in [0.25, 0.3) is 11.0 Å². The summed E-state index contributed by atoms with van der Waals surface area (Å²) in [5.41, 5.74) is 4.00. The minimum Gasteiger partial charge on any atom is -0.468 e. The Hall–Kier alpha value is -2.60. The number of ether oxygens (including phenoxy) is 1. The Morgan fingerprint density at radius 3 is 2.44 bits per heavy atom. The van der Waals surface area contributed by atoms with Crippen LogP contribution in [0.4, 0.5) is 5.82 Å². The Labute approximate surface area is 150 Å². The molecular weight excluding hydrogens is 334 g/mol. The normalized spacial score (nSPS) is 10.6. The number of methoxy groups -OCH3 is 1. The number of fused-ring (bicyclic) bond motifs is 1. The van der Waals surface area contributed by atoms with Crippen molar-refractivity contribution in [3.05, 3.63) is 59.7 Å². The maximum absolute atomic E-state index is 11.5. The molecule has 0 unspecified atom stereocenters. The highest BCUT2D eigenvalue weighted by Crippen LogP contribution is 2.26. The van der Waals surface area contributed by atoms with Gasteiger partial charge >= 0.3 is 5.97 Å². The lowest BCUT2D eigenvalue weighted by Gasteiger charge is -2.11. The summed E-state index contributed by atoms with van der Waals surface area (Å²) in [6.07, 6.45) is 0. The fraction of sp³-hybridized carbons (Fsp3) is 0.211. The zero-order chi connectivity index (χ0) is 17.6. The molecule has 0 fully saturated rings. The average molecular weight is 353 g/mol. The summed E-state index contributed by atoms with van der Waals surface area (Å²) in [6, 6.07) is 16.0. The van der Waals surface area contributed by atoms with Crippen LogP contribution in [0.15, 0.2) is 53.6 Å². The molecule has 0 atom stereocenters. The number of aryl methyl sites for hydroxylation is 1. The van der Waals surface area contributed by atoms with Crippen LogP contribution in [0, 0.1) is 6.92 Å². The number of carbonyl (C=O) groups excluding carboxylic acids is 1. The van der Waals surface area contributed by atoms with Crippen LogP contribution in [0.3, 0.4) is 0 Å². The van der Waals surface area contributed by atoms with E-state index in [0.717, 1.165) is 16.6 Å². The second-order valence-electron chi connectivity index (χ2n) is 5.57. The van der Waals surface area contributed by atoms with Crippen molar-refractivity contribution in [2.75, 3.05) is 18.2 Å². The van der Waals surface area contributed by atoms with Crippen LogP contribution in [-0.2, 0) is 16.1 Å². The predicted molar refractivity (Wildman–Crippen MR) is 101 cm³/mol. The molecule has 6 heteroatoms. The third kappa shape index (κ3) is 4.48. The molecule has 0 saturated carbocycles. The van der Waals surface area contributed by atoms with Gasteiger partial charge in [0, 0.05) is 6.54 Å². The van der Waals surface area contributed by atoms with Gasteiger partial charge in [-0.1, -0.05) is 53.7 Å². The third-order valence-electron chi connectivity index (χ3n) is 3.67.